The van der Waals surface area contributed by atoms with E-state index in [4.69, 9.17) is 17.9 Å². The van der Waals surface area contributed by atoms with Gasteiger partial charge in [0.25, 0.3) is 0 Å². The summed E-state index contributed by atoms with van der Waals surface area (Å²) in [5.74, 6) is 0.746. The molecular weight excluding hydrogens is 459 g/mol. The molecule has 0 bridgehead atoms. The highest BCUT2D eigenvalue weighted by atomic mass is 15.3. The number of hydrogen-bond acceptors (Lipinski definition) is 6. The monoisotopic (exact) mass is 482 g/mol. The van der Waals surface area contributed by atoms with Gasteiger partial charge in [-0.3, -0.25) is 9.97 Å². The van der Waals surface area contributed by atoms with Crippen molar-refractivity contribution in [3.05, 3.63) is 109 Å². The number of pyridine rings is 3. The molecule has 0 aliphatic carbocycles. The molecule has 178 valence electrons. The first kappa shape index (κ1) is 22.8. The van der Waals surface area contributed by atoms with Crippen LogP contribution in [0.5, 0.6) is 0 Å². The number of imidazole rings is 1. The maximum absolute atomic E-state index is 6.53. The number of aromatic amines is 1. The largest absolute Gasteiger partial charge is 0.344 e. The van der Waals surface area contributed by atoms with Gasteiger partial charge in [-0.25, -0.2) is 14.5 Å². The van der Waals surface area contributed by atoms with E-state index >= 15 is 0 Å². The molecule has 9 heteroatoms. The van der Waals surface area contributed by atoms with E-state index in [0.29, 0.717) is 13.1 Å². The van der Waals surface area contributed by atoms with Crippen molar-refractivity contribution in [1.82, 2.24) is 39.3 Å². The lowest BCUT2D eigenvalue weighted by Crippen LogP contribution is -2.20. The molecule has 0 spiro atoms. The SMILES string of the molecule is [B]N(Cc1nc(-c2ccc3ncnn3c2)c(-c2cccc(C)n2)[nH]1)Cc1ccccc1-c1ccncc1. The van der Waals surface area contributed by atoms with E-state index in [1.807, 2.05) is 67.7 Å². The average Bonchev–Trinajstić information content (AvgIpc) is 3.56. The lowest BCUT2D eigenvalue weighted by molar-refractivity contribution is 0.433. The Morgan fingerprint density at radius 2 is 1.76 bits per heavy atom. The predicted octanol–water partition coefficient (Wildman–Crippen LogP) is 4.64. The number of nitrogens with one attached hydrogen (secondary N) is 1. The van der Waals surface area contributed by atoms with E-state index in [-0.39, 0.29) is 0 Å². The van der Waals surface area contributed by atoms with Gasteiger partial charge in [0.15, 0.2) is 13.6 Å². The maximum Gasteiger partial charge on any atom is 0.183 e. The van der Waals surface area contributed by atoms with Gasteiger partial charge in [0.1, 0.15) is 12.2 Å². The Morgan fingerprint density at radius 1 is 0.892 bits per heavy atom. The molecule has 2 radical (unpaired) electrons. The van der Waals surface area contributed by atoms with Gasteiger partial charge in [0.2, 0.25) is 0 Å². The quantitative estimate of drug-likeness (QED) is 0.334. The number of benzene rings is 1. The molecule has 5 aromatic heterocycles. The number of H-pyrrole nitrogens is 1. The van der Waals surface area contributed by atoms with E-state index in [0.717, 1.165) is 56.5 Å². The van der Waals surface area contributed by atoms with Gasteiger partial charge in [0.05, 0.1) is 17.1 Å². The standard InChI is InChI=1S/C28H23BN8/c1-19-5-4-8-24(33-19)28-27(22-9-10-26-31-18-32-37(26)16-22)34-25(35-28)17-36(29)15-21-6-2-3-7-23(21)20-11-13-30-14-12-20/h2-14,16,18H,15,17H2,1H3,(H,34,35). The highest BCUT2D eigenvalue weighted by Crippen LogP contribution is 2.30. The third-order valence-corrected chi connectivity index (χ3v) is 6.18. The number of nitrogens with zero attached hydrogens (tertiary/aromatic N) is 7. The predicted molar refractivity (Wildman–Crippen MR) is 143 cm³/mol. The van der Waals surface area contributed by atoms with Crippen LogP contribution in [0.15, 0.2) is 91.6 Å². The first-order valence-electron chi connectivity index (χ1n) is 11.9. The van der Waals surface area contributed by atoms with Gasteiger partial charge in [-0.05, 0) is 60.0 Å². The van der Waals surface area contributed by atoms with Gasteiger partial charge in [0, 0.05) is 42.9 Å². The highest BCUT2D eigenvalue weighted by Gasteiger charge is 2.18. The Balaban J connectivity index is 1.33. The van der Waals surface area contributed by atoms with Crippen molar-refractivity contribution in [1.29, 1.82) is 0 Å². The zero-order valence-corrected chi connectivity index (χ0v) is 20.3. The second-order valence-corrected chi connectivity index (χ2v) is 8.85. The Bertz CT molecular complexity index is 1670. The molecule has 1 N–H and O–H groups in total. The molecule has 0 unspecified atom stereocenters. The van der Waals surface area contributed by atoms with Crippen LogP contribution in [0.3, 0.4) is 0 Å². The molecule has 0 aliphatic rings. The summed E-state index contributed by atoms with van der Waals surface area (Å²) in [6.07, 6.45) is 7.06. The third kappa shape index (κ3) is 4.77. The third-order valence-electron chi connectivity index (χ3n) is 6.18. The Labute approximate surface area is 215 Å². The van der Waals surface area contributed by atoms with Crippen molar-refractivity contribution >= 4 is 13.6 Å². The summed E-state index contributed by atoms with van der Waals surface area (Å²) in [6, 6.07) is 22.1. The molecule has 6 rings (SSSR count). The number of fused-ring (bicyclic) bond motifs is 1. The van der Waals surface area contributed by atoms with Crippen LogP contribution in [-0.2, 0) is 13.1 Å². The molecule has 5 heterocycles. The number of aromatic nitrogens is 7. The maximum atomic E-state index is 6.53. The average molecular weight is 482 g/mol. The minimum atomic E-state index is 0.426. The summed E-state index contributed by atoms with van der Waals surface area (Å²) in [7, 11) is 6.53. The molecule has 0 atom stereocenters. The minimum Gasteiger partial charge on any atom is -0.344 e. The lowest BCUT2D eigenvalue weighted by atomic mass is 9.99. The molecule has 0 amide bonds. The van der Waals surface area contributed by atoms with Crippen molar-refractivity contribution in [2.45, 2.75) is 20.0 Å². The Kier molecular flexibility index (Phi) is 6.04. The molecule has 8 nitrogen and oxygen atoms in total. The second kappa shape index (κ2) is 9.79. The summed E-state index contributed by atoms with van der Waals surface area (Å²) < 4.78 is 1.74. The van der Waals surface area contributed by atoms with Gasteiger partial charge in [-0.15, -0.1) is 0 Å². The van der Waals surface area contributed by atoms with Crippen molar-refractivity contribution in [2.24, 2.45) is 0 Å². The van der Waals surface area contributed by atoms with Crippen LogP contribution in [0.25, 0.3) is 39.4 Å². The molecular formula is C28H23BN8. The summed E-state index contributed by atoms with van der Waals surface area (Å²) in [4.78, 5) is 23.3. The van der Waals surface area contributed by atoms with Crippen LogP contribution in [0, 0.1) is 6.92 Å². The second-order valence-electron chi connectivity index (χ2n) is 8.85. The van der Waals surface area contributed by atoms with Crippen molar-refractivity contribution in [3.8, 4) is 33.8 Å². The van der Waals surface area contributed by atoms with Crippen molar-refractivity contribution in [3.63, 3.8) is 0 Å². The number of hydrogen-bond donors (Lipinski definition) is 1. The lowest BCUT2D eigenvalue weighted by Gasteiger charge is -2.18. The molecule has 6 aromatic rings. The molecule has 0 aliphatic heterocycles. The van der Waals surface area contributed by atoms with Crippen LogP contribution in [-0.4, -0.2) is 47.3 Å². The molecule has 1 aromatic carbocycles. The first-order valence-corrected chi connectivity index (χ1v) is 11.9. The van der Waals surface area contributed by atoms with E-state index in [2.05, 4.69) is 32.2 Å². The highest BCUT2D eigenvalue weighted by molar-refractivity contribution is 6.04. The fourth-order valence-electron chi connectivity index (χ4n) is 4.47. The first-order chi connectivity index (χ1) is 18.1. The van der Waals surface area contributed by atoms with E-state index in [1.165, 1.54) is 6.33 Å². The molecule has 0 saturated heterocycles. The van der Waals surface area contributed by atoms with E-state index < -0.39 is 0 Å². The smallest absolute Gasteiger partial charge is 0.183 e. The molecule has 0 saturated carbocycles. The Morgan fingerprint density at radius 3 is 2.62 bits per heavy atom. The van der Waals surface area contributed by atoms with Crippen LogP contribution in [0.4, 0.5) is 0 Å². The van der Waals surface area contributed by atoms with Crippen LogP contribution >= 0.6 is 0 Å². The summed E-state index contributed by atoms with van der Waals surface area (Å²) in [5, 5.41) is 4.28. The normalized spacial score (nSPS) is 11.4. The van der Waals surface area contributed by atoms with Crippen LogP contribution in [0.1, 0.15) is 17.1 Å². The van der Waals surface area contributed by atoms with E-state index in [1.54, 1.807) is 21.7 Å². The fraction of sp³-hybridized carbons (Fsp3) is 0.107. The molecule has 37 heavy (non-hydrogen) atoms. The number of aryl methyl sites for hydroxylation is 1. The number of rotatable bonds is 7. The van der Waals surface area contributed by atoms with Crippen molar-refractivity contribution < 1.29 is 0 Å². The summed E-state index contributed by atoms with van der Waals surface area (Å²) in [6.45, 7) is 2.95. The fourth-order valence-corrected chi connectivity index (χ4v) is 4.47. The van der Waals surface area contributed by atoms with Gasteiger partial charge in [-0.2, -0.15) is 5.10 Å². The van der Waals surface area contributed by atoms with Crippen molar-refractivity contribution in [2.75, 3.05) is 0 Å². The summed E-state index contributed by atoms with van der Waals surface area (Å²) >= 11 is 0. The zero-order valence-electron chi connectivity index (χ0n) is 20.3. The Hall–Kier alpha value is -4.63. The topological polar surface area (TPSA) is 87.9 Å². The zero-order chi connectivity index (χ0) is 25.2. The van der Waals surface area contributed by atoms with Crippen LogP contribution < -0.4 is 0 Å². The van der Waals surface area contributed by atoms with Gasteiger partial charge in [-0.1, -0.05) is 30.3 Å². The van der Waals surface area contributed by atoms with Gasteiger partial charge >= 0.3 is 0 Å². The van der Waals surface area contributed by atoms with E-state index in [9.17, 15) is 0 Å². The summed E-state index contributed by atoms with van der Waals surface area (Å²) in [5.41, 5.74) is 8.42. The minimum absolute atomic E-state index is 0.426. The van der Waals surface area contributed by atoms with Crippen LogP contribution in [0.2, 0.25) is 0 Å². The molecule has 0 fully saturated rings. The van der Waals surface area contributed by atoms with Gasteiger partial charge < -0.3 is 9.79 Å².